The number of hydrogen-bond acceptors (Lipinski definition) is 3. The van der Waals surface area contributed by atoms with Gasteiger partial charge in [0, 0.05) is 5.56 Å². The fourth-order valence-electron chi connectivity index (χ4n) is 1.59. The van der Waals surface area contributed by atoms with E-state index in [1.165, 1.54) is 0 Å². The van der Waals surface area contributed by atoms with Gasteiger partial charge in [0.25, 0.3) is 5.91 Å². The number of rotatable bonds is 5. The van der Waals surface area contributed by atoms with Crippen LogP contribution in [0.3, 0.4) is 0 Å². The Labute approximate surface area is 106 Å². The topological polar surface area (TPSA) is 75.6 Å². The zero-order valence-corrected chi connectivity index (χ0v) is 10.7. The van der Waals surface area contributed by atoms with E-state index in [1.54, 1.807) is 39.2 Å². The van der Waals surface area contributed by atoms with Gasteiger partial charge in [-0.05, 0) is 37.1 Å². The Morgan fingerprint density at radius 2 is 2.11 bits per heavy atom. The van der Waals surface area contributed by atoms with E-state index in [0.29, 0.717) is 17.7 Å². The highest BCUT2D eigenvalue weighted by Crippen LogP contribution is 2.16. The number of carbonyl (C=O) groups excluding carboxylic acids is 1. The fourth-order valence-corrected chi connectivity index (χ4v) is 1.59. The van der Waals surface area contributed by atoms with Crippen molar-refractivity contribution in [2.75, 3.05) is 7.11 Å². The molecule has 0 saturated heterocycles. The molecule has 98 valence electrons. The van der Waals surface area contributed by atoms with E-state index in [4.69, 9.17) is 9.84 Å². The minimum Gasteiger partial charge on any atom is -0.497 e. The van der Waals surface area contributed by atoms with Crippen LogP contribution in [-0.4, -0.2) is 30.1 Å². The van der Waals surface area contributed by atoms with Gasteiger partial charge in [-0.15, -0.1) is 0 Å². The number of carbonyl (C=O) groups is 2. The molecule has 1 rings (SSSR count). The molecule has 5 nitrogen and oxygen atoms in total. The minimum atomic E-state index is -1.03. The van der Waals surface area contributed by atoms with Gasteiger partial charge < -0.3 is 15.2 Å². The van der Waals surface area contributed by atoms with Gasteiger partial charge >= 0.3 is 5.97 Å². The first-order valence-corrected chi connectivity index (χ1v) is 5.67. The summed E-state index contributed by atoms with van der Waals surface area (Å²) < 4.78 is 5.04. The first kappa shape index (κ1) is 14.0. The number of methoxy groups -OCH3 is 1. The summed E-state index contributed by atoms with van der Waals surface area (Å²) in [6.45, 7) is 3.49. The fraction of sp³-hybridized carbons (Fsp3) is 0.385. The van der Waals surface area contributed by atoms with Gasteiger partial charge in [-0.3, -0.25) is 4.79 Å². The SMILES string of the molecule is CCC(NC(=O)c1ccc(OC)cc1C)C(=O)O. The third kappa shape index (κ3) is 3.23. The number of ether oxygens (including phenoxy) is 1. The van der Waals surface area contributed by atoms with Gasteiger partial charge in [-0.2, -0.15) is 0 Å². The average molecular weight is 251 g/mol. The lowest BCUT2D eigenvalue weighted by Crippen LogP contribution is -2.40. The van der Waals surface area contributed by atoms with Gasteiger partial charge in [-0.1, -0.05) is 6.92 Å². The van der Waals surface area contributed by atoms with Gasteiger partial charge in [0.05, 0.1) is 7.11 Å². The summed E-state index contributed by atoms with van der Waals surface area (Å²) in [6, 6.07) is 4.16. The molecule has 1 aromatic carbocycles. The van der Waals surface area contributed by atoms with Crippen molar-refractivity contribution >= 4 is 11.9 Å². The van der Waals surface area contributed by atoms with Crippen molar-refractivity contribution < 1.29 is 19.4 Å². The lowest BCUT2D eigenvalue weighted by molar-refractivity contribution is -0.139. The Bertz CT molecular complexity index is 456. The Morgan fingerprint density at radius 1 is 1.44 bits per heavy atom. The summed E-state index contributed by atoms with van der Waals surface area (Å²) >= 11 is 0. The second kappa shape index (κ2) is 6.05. The van der Waals surface area contributed by atoms with Gasteiger partial charge in [0.15, 0.2) is 0 Å². The molecule has 0 aliphatic rings. The predicted molar refractivity (Wildman–Crippen MR) is 66.9 cm³/mol. The molecule has 1 amide bonds. The number of hydrogen-bond donors (Lipinski definition) is 2. The molecule has 0 bridgehead atoms. The van der Waals surface area contributed by atoms with E-state index in [0.717, 1.165) is 5.56 Å². The van der Waals surface area contributed by atoms with Crippen LogP contribution in [0.15, 0.2) is 18.2 Å². The number of aryl methyl sites for hydroxylation is 1. The number of benzene rings is 1. The third-order valence-electron chi connectivity index (χ3n) is 2.69. The molecule has 1 atom stereocenters. The van der Waals surface area contributed by atoms with E-state index in [2.05, 4.69) is 5.32 Å². The molecule has 0 saturated carbocycles. The van der Waals surface area contributed by atoms with Crippen LogP contribution in [-0.2, 0) is 4.79 Å². The molecule has 5 heteroatoms. The predicted octanol–water partition coefficient (Wildman–Crippen LogP) is 1.60. The normalized spacial score (nSPS) is 11.7. The zero-order valence-electron chi connectivity index (χ0n) is 10.7. The number of carboxylic acid groups (broad SMARTS) is 1. The maximum absolute atomic E-state index is 11.9. The lowest BCUT2D eigenvalue weighted by Gasteiger charge is -2.13. The van der Waals surface area contributed by atoms with Crippen LogP contribution in [0.2, 0.25) is 0 Å². The second-order valence-electron chi connectivity index (χ2n) is 3.95. The molecule has 0 spiro atoms. The van der Waals surface area contributed by atoms with E-state index in [1.807, 2.05) is 0 Å². The summed E-state index contributed by atoms with van der Waals surface area (Å²) in [5.41, 5.74) is 1.20. The Morgan fingerprint density at radius 3 is 2.56 bits per heavy atom. The number of aliphatic carboxylic acids is 1. The van der Waals surface area contributed by atoms with Crippen molar-refractivity contribution in [1.29, 1.82) is 0 Å². The molecule has 0 heterocycles. The smallest absolute Gasteiger partial charge is 0.326 e. The van der Waals surface area contributed by atoms with Crippen molar-refractivity contribution in [2.24, 2.45) is 0 Å². The van der Waals surface area contributed by atoms with Crippen LogP contribution < -0.4 is 10.1 Å². The molecule has 0 fully saturated rings. The van der Waals surface area contributed by atoms with Crippen molar-refractivity contribution in [3.63, 3.8) is 0 Å². The van der Waals surface area contributed by atoms with Crippen LogP contribution in [0.1, 0.15) is 29.3 Å². The standard InChI is InChI=1S/C13H17NO4/c1-4-11(13(16)17)14-12(15)10-6-5-9(18-3)7-8(10)2/h5-7,11H,4H2,1-3H3,(H,14,15)(H,16,17). The summed E-state index contributed by atoms with van der Waals surface area (Å²) in [5, 5.41) is 11.4. The lowest BCUT2D eigenvalue weighted by atomic mass is 10.1. The summed E-state index contributed by atoms with van der Waals surface area (Å²) in [7, 11) is 1.55. The van der Waals surface area contributed by atoms with Crippen molar-refractivity contribution in [1.82, 2.24) is 5.32 Å². The molecule has 0 aliphatic carbocycles. The van der Waals surface area contributed by atoms with Crippen LogP contribution >= 0.6 is 0 Å². The molecule has 18 heavy (non-hydrogen) atoms. The molecular weight excluding hydrogens is 234 g/mol. The van der Waals surface area contributed by atoms with Crippen molar-refractivity contribution in [3.8, 4) is 5.75 Å². The van der Waals surface area contributed by atoms with Gasteiger partial charge in [0.2, 0.25) is 0 Å². The average Bonchev–Trinajstić information content (AvgIpc) is 2.34. The monoisotopic (exact) mass is 251 g/mol. The molecule has 0 aliphatic heterocycles. The van der Waals surface area contributed by atoms with E-state index < -0.39 is 12.0 Å². The molecule has 0 aromatic heterocycles. The van der Waals surface area contributed by atoms with Crippen LogP contribution in [0, 0.1) is 6.92 Å². The molecular formula is C13H17NO4. The number of carboxylic acids is 1. The first-order chi connectivity index (χ1) is 8.49. The third-order valence-corrected chi connectivity index (χ3v) is 2.69. The van der Waals surface area contributed by atoms with Crippen LogP contribution in [0.25, 0.3) is 0 Å². The summed E-state index contributed by atoms with van der Waals surface area (Å²) in [6.07, 6.45) is 0.344. The number of nitrogens with one attached hydrogen (secondary N) is 1. The quantitative estimate of drug-likeness (QED) is 0.833. The highest BCUT2D eigenvalue weighted by atomic mass is 16.5. The summed E-state index contributed by atoms with van der Waals surface area (Å²) in [4.78, 5) is 22.8. The second-order valence-corrected chi connectivity index (χ2v) is 3.95. The van der Waals surface area contributed by atoms with E-state index in [9.17, 15) is 9.59 Å². The zero-order chi connectivity index (χ0) is 13.7. The molecule has 2 N–H and O–H groups in total. The molecule has 1 aromatic rings. The largest absolute Gasteiger partial charge is 0.497 e. The Hall–Kier alpha value is -2.04. The van der Waals surface area contributed by atoms with E-state index in [-0.39, 0.29) is 5.91 Å². The first-order valence-electron chi connectivity index (χ1n) is 5.67. The van der Waals surface area contributed by atoms with Gasteiger partial charge in [0.1, 0.15) is 11.8 Å². The highest BCUT2D eigenvalue weighted by molar-refractivity contribution is 5.97. The molecule has 1 unspecified atom stereocenters. The Balaban J connectivity index is 2.87. The maximum Gasteiger partial charge on any atom is 0.326 e. The maximum atomic E-state index is 11.9. The number of amides is 1. The van der Waals surface area contributed by atoms with Gasteiger partial charge in [-0.25, -0.2) is 4.79 Å². The highest BCUT2D eigenvalue weighted by Gasteiger charge is 2.19. The minimum absolute atomic E-state index is 0.344. The van der Waals surface area contributed by atoms with Crippen molar-refractivity contribution in [3.05, 3.63) is 29.3 Å². The van der Waals surface area contributed by atoms with Crippen LogP contribution in [0.4, 0.5) is 0 Å². The van der Waals surface area contributed by atoms with E-state index >= 15 is 0 Å². The molecule has 0 radical (unpaired) electrons. The van der Waals surface area contributed by atoms with Crippen LogP contribution in [0.5, 0.6) is 5.75 Å². The summed E-state index contributed by atoms with van der Waals surface area (Å²) in [5.74, 6) is -0.754. The Kier molecular flexibility index (Phi) is 4.71. The van der Waals surface area contributed by atoms with Crippen molar-refractivity contribution in [2.45, 2.75) is 26.3 Å².